The molecule has 2 aromatic carbocycles. The summed E-state index contributed by atoms with van der Waals surface area (Å²) in [4.78, 5) is 54.2. The van der Waals surface area contributed by atoms with E-state index in [-0.39, 0.29) is 54.2 Å². The Balaban J connectivity index is 1.30. The van der Waals surface area contributed by atoms with E-state index in [2.05, 4.69) is 0 Å². The second-order valence-electron chi connectivity index (χ2n) is 9.33. The van der Waals surface area contributed by atoms with Crippen LogP contribution < -0.4 is 14.5 Å². The molecule has 0 N–H and O–H groups in total. The van der Waals surface area contributed by atoms with E-state index in [0.29, 0.717) is 12.1 Å². The Morgan fingerprint density at radius 3 is 2.50 bits per heavy atom. The summed E-state index contributed by atoms with van der Waals surface area (Å²) in [5, 5.41) is 0. The van der Waals surface area contributed by atoms with E-state index < -0.39 is 11.9 Å². The number of benzene rings is 2. The van der Waals surface area contributed by atoms with Crippen LogP contribution in [0, 0.1) is 30.6 Å². The molecule has 3 amide bonds. The molecule has 0 saturated carbocycles. The number of nitrogens with zero attached hydrogens (tertiary/aromatic N) is 2. The number of imide groups is 1. The Hall–Kier alpha value is -3.74. The lowest BCUT2D eigenvalue weighted by Crippen LogP contribution is -2.31. The number of amides is 3. The number of fused-ring (bicyclic) bond motifs is 1. The van der Waals surface area contributed by atoms with Crippen LogP contribution in [0.4, 0.5) is 11.4 Å². The zero-order valence-electron chi connectivity index (χ0n) is 19.1. The SMILES string of the molecule is Cc1ccc(N2C[C@H](C(=O)Oc3cccc(N4C(=O)[C@H]5[C@@H](C)C=CC[C@H]5C4=O)c3)CC2=O)cc1. The second-order valence-corrected chi connectivity index (χ2v) is 9.33. The van der Waals surface area contributed by atoms with Crippen LogP contribution in [-0.2, 0) is 19.2 Å². The normalized spacial score (nSPS) is 26.2. The van der Waals surface area contributed by atoms with Crippen molar-refractivity contribution in [3.63, 3.8) is 0 Å². The molecule has 4 atom stereocenters. The molecule has 2 aliphatic heterocycles. The first-order chi connectivity index (χ1) is 16.3. The lowest BCUT2D eigenvalue weighted by molar-refractivity contribution is -0.139. The molecule has 0 bridgehead atoms. The zero-order valence-corrected chi connectivity index (χ0v) is 19.1. The van der Waals surface area contributed by atoms with Gasteiger partial charge in [-0.15, -0.1) is 0 Å². The molecule has 0 unspecified atom stereocenters. The van der Waals surface area contributed by atoms with Gasteiger partial charge in [-0.2, -0.15) is 0 Å². The lowest BCUT2D eigenvalue weighted by atomic mass is 9.78. The summed E-state index contributed by atoms with van der Waals surface area (Å²) >= 11 is 0. The highest BCUT2D eigenvalue weighted by molar-refractivity contribution is 6.22. The molecule has 174 valence electrons. The molecule has 1 aliphatic carbocycles. The molecule has 7 heteroatoms. The Labute approximate surface area is 198 Å². The Morgan fingerprint density at radius 2 is 1.76 bits per heavy atom. The summed E-state index contributed by atoms with van der Waals surface area (Å²) in [6, 6.07) is 14.0. The van der Waals surface area contributed by atoms with Crippen LogP contribution in [0.5, 0.6) is 5.75 Å². The first-order valence-electron chi connectivity index (χ1n) is 11.6. The standard InChI is InChI=1S/C27H26N2O5/c1-16-9-11-19(12-10-16)28-15-18(13-23(28)30)27(33)34-21-7-4-6-20(14-21)29-25(31)22-8-3-5-17(2)24(22)26(29)32/h3-7,9-12,14,17-18,22,24H,8,13,15H2,1-2H3/t17-,18+,22+,24-/m0/s1. The molecule has 2 fully saturated rings. The van der Waals surface area contributed by atoms with E-state index in [1.165, 1.54) is 11.0 Å². The van der Waals surface area contributed by atoms with E-state index in [4.69, 9.17) is 4.74 Å². The summed E-state index contributed by atoms with van der Waals surface area (Å²) < 4.78 is 5.58. The van der Waals surface area contributed by atoms with Crippen LogP contribution in [0.1, 0.15) is 25.3 Å². The Bertz CT molecular complexity index is 1200. The molecule has 7 nitrogen and oxygen atoms in total. The van der Waals surface area contributed by atoms with Crippen LogP contribution >= 0.6 is 0 Å². The maximum atomic E-state index is 13.1. The minimum absolute atomic E-state index is 0.00223. The number of hydrogen-bond donors (Lipinski definition) is 0. The van der Waals surface area contributed by atoms with Gasteiger partial charge in [0.15, 0.2) is 0 Å². The number of hydrogen-bond acceptors (Lipinski definition) is 5. The van der Waals surface area contributed by atoms with Crippen molar-refractivity contribution in [1.82, 2.24) is 0 Å². The highest BCUT2D eigenvalue weighted by atomic mass is 16.5. The smallest absolute Gasteiger partial charge is 0.316 e. The maximum Gasteiger partial charge on any atom is 0.316 e. The van der Waals surface area contributed by atoms with Crippen LogP contribution in [0.15, 0.2) is 60.7 Å². The molecule has 2 saturated heterocycles. The highest BCUT2D eigenvalue weighted by Crippen LogP contribution is 2.41. The summed E-state index contributed by atoms with van der Waals surface area (Å²) in [7, 11) is 0. The fraction of sp³-hybridized carbons (Fsp3) is 0.333. The lowest BCUT2D eigenvalue weighted by Gasteiger charge is -2.22. The van der Waals surface area contributed by atoms with Gasteiger partial charge in [0.25, 0.3) is 0 Å². The van der Waals surface area contributed by atoms with Crippen molar-refractivity contribution < 1.29 is 23.9 Å². The summed E-state index contributed by atoms with van der Waals surface area (Å²) in [6.07, 6.45) is 4.57. The van der Waals surface area contributed by atoms with Gasteiger partial charge in [0.2, 0.25) is 17.7 Å². The van der Waals surface area contributed by atoms with Crippen molar-refractivity contribution in [2.24, 2.45) is 23.7 Å². The number of esters is 1. The van der Waals surface area contributed by atoms with Gasteiger partial charge < -0.3 is 9.64 Å². The Morgan fingerprint density at radius 1 is 1.00 bits per heavy atom. The molecule has 2 aromatic rings. The first-order valence-corrected chi connectivity index (χ1v) is 11.6. The van der Waals surface area contributed by atoms with Gasteiger partial charge in [0.1, 0.15) is 5.75 Å². The number of allylic oxidation sites excluding steroid dienone is 2. The fourth-order valence-electron chi connectivity index (χ4n) is 5.13. The third kappa shape index (κ3) is 3.81. The van der Waals surface area contributed by atoms with Crippen LogP contribution in [0.25, 0.3) is 0 Å². The van der Waals surface area contributed by atoms with Crippen LogP contribution in [0.2, 0.25) is 0 Å². The molecule has 3 aliphatic rings. The maximum absolute atomic E-state index is 13.1. The minimum Gasteiger partial charge on any atom is -0.426 e. The third-order valence-corrected chi connectivity index (χ3v) is 6.97. The van der Waals surface area contributed by atoms with Crippen molar-refractivity contribution >= 4 is 35.1 Å². The summed E-state index contributed by atoms with van der Waals surface area (Å²) in [5.74, 6) is -2.14. The van der Waals surface area contributed by atoms with Gasteiger partial charge in [0.05, 0.1) is 23.4 Å². The predicted octanol–water partition coefficient (Wildman–Crippen LogP) is 3.66. The number of aryl methyl sites for hydroxylation is 1. The van der Waals surface area contributed by atoms with Crippen molar-refractivity contribution in [1.29, 1.82) is 0 Å². The van der Waals surface area contributed by atoms with Gasteiger partial charge in [-0.05, 0) is 43.5 Å². The van der Waals surface area contributed by atoms with Crippen LogP contribution in [-0.4, -0.2) is 30.2 Å². The molecule has 5 rings (SSSR count). The Kier molecular flexibility index (Phi) is 5.55. The van der Waals surface area contributed by atoms with Crippen molar-refractivity contribution in [2.75, 3.05) is 16.3 Å². The van der Waals surface area contributed by atoms with E-state index in [9.17, 15) is 19.2 Å². The molecule has 34 heavy (non-hydrogen) atoms. The molecule has 0 radical (unpaired) electrons. The fourth-order valence-corrected chi connectivity index (χ4v) is 5.13. The predicted molar refractivity (Wildman–Crippen MR) is 126 cm³/mol. The van der Waals surface area contributed by atoms with Crippen molar-refractivity contribution in [2.45, 2.75) is 26.7 Å². The number of ether oxygens (including phenoxy) is 1. The van der Waals surface area contributed by atoms with E-state index in [1.54, 1.807) is 23.1 Å². The van der Waals surface area contributed by atoms with Crippen LogP contribution in [0.3, 0.4) is 0 Å². The summed E-state index contributed by atoms with van der Waals surface area (Å²) in [5.41, 5.74) is 2.24. The quantitative estimate of drug-likeness (QED) is 0.302. The van der Waals surface area contributed by atoms with Gasteiger partial charge in [0, 0.05) is 24.7 Å². The van der Waals surface area contributed by atoms with E-state index in [1.807, 2.05) is 50.3 Å². The highest BCUT2D eigenvalue weighted by Gasteiger charge is 2.50. The molecule has 0 aromatic heterocycles. The molecule has 2 heterocycles. The van der Waals surface area contributed by atoms with Gasteiger partial charge in [-0.25, -0.2) is 4.90 Å². The van der Waals surface area contributed by atoms with Gasteiger partial charge in [-0.1, -0.05) is 42.8 Å². The monoisotopic (exact) mass is 458 g/mol. The number of carbonyl (C=O) groups is 4. The topological polar surface area (TPSA) is 84.0 Å². The zero-order chi connectivity index (χ0) is 24.0. The van der Waals surface area contributed by atoms with Gasteiger partial charge in [-0.3, -0.25) is 19.2 Å². The minimum atomic E-state index is -0.595. The van der Waals surface area contributed by atoms with Crippen molar-refractivity contribution in [3.05, 3.63) is 66.2 Å². The van der Waals surface area contributed by atoms with Gasteiger partial charge >= 0.3 is 5.97 Å². The molecule has 0 spiro atoms. The number of carbonyl (C=O) groups excluding carboxylic acids is 4. The second kappa shape index (κ2) is 8.56. The van der Waals surface area contributed by atoms with Crippen molar-refractivity contribution in [3.8, 4) is 5.75 Å². The van der Waals surface area contributed by atoms with E-state index in [0.717, 1.165) is 11.3 Å². The number of anilines is 2. The average Bonchev–Trinajstić information content (AvgIpc) is 3.33. The molecular weight excluding hydrogens is 432 g/mol. The van der Waals surface area contributed by atoms with E-state index >= 15 is 0 Å². The molecular formula is C27H26N2O5. The first kappa shape index (κ1) is 22.1. The largest absolute Gasteiger partial charge is 0.426 e. The number of rotatable bonds is 4. The average molecular weight is 459 g/mol. The summed E-state index contributed by atoms with van der Waals surface area (Å²) in [6.45, 7) is 4.17. The third-order valence-electron chi connectivity index (χ3n) is 6.97.